The van der Waals surface area contributed by atoms with Crippen molar-refractivity contribution in [2.45, 2.75) is 48.4 Å². The van der Waals surface area contributed by atoms with E-state index in [-0.39, 0.29) is 11.4 Å². The van der Waals surface area contributed by atoms with Crippen LogP contribution < -0.4 is 5.73 Å². The van der Waals surface area contributed by atoms with Crippen LogP contribution in [0.25, 0.3) is 0 Å². The Labute approximate surface area is 115 Å². The van der Waals surface area contributed by atoms with Crippen molar-refractivity contribution in [3.05, 3.63) is 22.7 Å². The van der Waals surface area contributed by atoms with Gasteiger partial charge in [0, 0.05) is 20.3 Å². The number of halogens is 1. The Morgan fingerprint density at radius 1 is 1.24 bits per heavy atom. The molecule has 17 heavy (non-hydrogen) atoms. The van der Waals surface area contributed by atoms with Gasteiger partial charge in [-0.3, -0.25) is 0 Å². The zero-order valence-corrected chi connectivity index (χ0v) is 12.1. The lowest BCUT2D eigenvalue weighted by Crippen LogP contribution is -2.21. The molecule has 2 rings (SSSR count). The minimum Gasteiger partial charge on any atom is -0.398 e. The number of aliphatic hydroxyl groups is 1. The van der Waals surface area contributed by atoms with Crippen LogP contribution >= 0.6 is 27.7 Å². The zero-order chi connectivity index (χ0) is 12.3. The molecule has 0 spiro atoms. The average Bonchev–Trinajstić information content (AvgIpc) is 2.50. The molecule has 2 atom stereocenters. The Bertz CT molecular complexity index is 386. The molecule has 1 aliphatic carbocycles. The summed E-state index contributed by atoms with van der Waals surface area (Å²) in [7, 11) is 0. The van der Waals surface area contributed by atoms with Crippen molar-refractivity contribution in [1.82, 2.24) is 0 Å². The smallest absolute Gasteiger partial charge is 0.0662 e. The predicted molar refractivity (Wildman–Crippen MR) is 77.3 cm³/mol. The van der Waals surface area contributed by atoms with Crippen LogP contribution in [-0.2, 0) is 0 Å². The zero-order valence-electron chi connectivity index (χ0n) is 9.73. The van der Waals surface area contributed by atoms with E-state index in [0.29, 0.717) is 0 Å². The summed E-state index contributed by atoms with van der Waals surface area (Å²) in [5.74, 6) is 0. The van der Waals surface area contributed by atoms with Gasteiger partial charge in [0.25, 0.3) is 0 Å². The molecular weight excluding hydrogens is 298 g/mol. The molecule has 1 aromatic carbocycles. The molecular formula is C13H18BrNOS. The van der Waals surface area contributed by atoms with Gasteiger partial charge in [0.05, 0.1) is 6.10 Å². The summed E-state index contributed by atoms with van der Waals surface area (Å²) in [4.78, 5) is 1.07. The number of nitrogen functional groups attached to an aromatic ring is 1. The Kier molecular flexibility index (Phi) is 4.77. The van der Waals surface area contributed by atoms with Crippen LogP contribution in [0, 0.1) is 0 Å². The first-order valence-electron chi connectivity index (χ1n) is 6.06. The van der Waals surface area contributed by atoms with Gasteiger partial charge in [-0.05, 0) is 31.0 Å². The first-order valence-corrected chi connectivity index (χ1v) is 7.74. The van der Waals surface area contributed by atoms with E-state index < -0.39 is 0 Å². The fourth-order valence-corrected chi connectivity index (χ4v) is 3.98. The highest BCUT2D eigenvalue weighted by atomic mass is 79.9. The number of hydrogen-bond donors (Lipinski definition) is 2. The molecule has 0 aromatic heterocycles. The monoisotopic (exact) mass is 315 g/mol. The summed E-state index contributed by atoms with van der Waals surface area (Å²) in [6, 6.07) is 5.90. The normalized spacial score (nSPS) is 25.5. The van der Waals surface area contributed by atoms with E-state index in [0.717, 1.165) is 34.3 Å². The lowest BCUT2D eigenvalue weighted by Gasteiger charge is -2.20. The molecule has 0 amide bonds. The van der Waals surface area contributed by atoms with E-state index in [1.165, 1.54) is 12.8 Å². The molecule has 2 nitrogen and oxygen atoms in total. The molecule has 4 heteroatoms. The van der Waals surface area contributed by atoms with Crippen LogP contribution in [0.2, 0.25) is 0 Å². The van der Waals surface area contributed by atoms with Crippen LogP contribution in [-0.4, -0.2) is 16.5 Å². The summed E-state index contributed by atoms with van der Waals surface area (Å²) < 4.78 is 1.04. The van der Waals surface area contributed by atoms with Gasteiger partial charge in [-0.2, -0.15) is 0 Å². The van der Waals surface area contributed by atoms with Crippen molar-refractivity contribution in [3.8, 4) is 0 Å². The molecule has 0 aliphatic heterocycles. The Hall–Kier alpha value is -0.190. The van der Waals surface area contributed by atoms with E-state index in [4.69, 9.17) is 5.73 Å². The van der Waals surface area contributed by atoms with Gasteiger partial charge in [-0.25, -0.2) is 0 Å². The summed E-state index contributed by atoms with van der Waals surface area (Å²) in [5, 5.41) is 10.4. The van der Waals surface area contributed by atoms with Gasteiger partial charge in [-0.15, -0.1) is 11.8 Å². The Morgan fingerprint density at radius 3 is 2.82 bits per heavy atom. The maximum atomic E-state index is 10.1. The largest absolute Gasteiger partial charge is 0.398 e. The van der Waals surface area contributed by atoms with Crippen molar-refractivity contribution in [2.24, 2.45) is 0 Å². The van der Waals surface area contributed by atoms with Gasteiger partial charge in [0.15, 0.2) is 0 Å². The second-order valence-corrected chi connectivity index (χ2v) is 6.74. The highest BCUT2D eigenvalue weighted by Gasteiger charge is 2.23. The molecule has 3 N–H and O–H groups in total. The van der Waals surface area contributed by atoms with Gasteiger partial charge in [-0.1, -0.05) is 35.2 Å². The molecule has 1 saturated carbocycles. The molecule has 0 bridgehead atoms. The van der Waals surface area contributed by atoms with E-state index in [1.54, 1.807) is 11.8 Å². The second kappa shape index (κ2) is 6.12. The van der Waals surface area contributed by atoms with E-state index in [1.807, 2.05) is 18.2 Å². The highest BCUT2D eigenvalue weighted by molar-refractivity contribution is 9.10. The topological polar surface area (TPSA) is 46.2 Å². The first kappa shape index (κ1) is 13.2. The van der Waals surface area contributed by atoms with Crippen LogP contribution in [0.4, 0.5) is 5.69 Å². The maximum absolute atomic E-state index is 10.1. The van der Waals surface area contributed by atoms with Crippen molar-refractivity contribution in [1.29, 1.82) is 0 Å². The highest BCUT2D eigenvalue weighted by Crippen LogP contribution is 2.37. The molecule has 1 fully saturated rings. The van der Waals surface area contributed by atoms with E-state index >= 15 is 0 Å². The Morgan fingerprint density at radius 2 is 2.00 bits per heavy atom. The first-order chi connectivity index (χ1) is 8.16. The third-order valence-electron chi connectivity index (χ3n) is 3.17. The number of benzene rings is 1. The van der Waals surface area contributed by atoms with Gasteiger partial charge in [0.2, 0.25) is 0 Å². The molecule has 0 saturated heterocycles. The predicted octanol–water partition coefficient (Wildman–Crippen LogP) is 3.82. The Balaban J connectivity index is 2.10. The maximum Gasteiger partial charge on any atom is 0.0662 e. The third-order valence-corrected chi connectivity index (χ3v) is 5.13. The van der Waals surface area contributed by atoms with Gasteiger partial charge >= 0.3 is 0 Å². The number of rotatable bonds is 2. The SMILES string of the molecule is Nc1ccc(Br)cc1SC1CCCCCC1O. The summed E-state index contributed by atoms with van der Waals surface area (Å²) >= 11 is 5.18. The minimum atomic E-state index is -0.194. The lowest BCUT2D eigenvalue weighted by molar-refractivity contribution is 0.163. The fourth-order valence-electron chi connectivity index (χ4n) is 2.16. The number of anilines is 1. The number of thioether (sulfide) groups is 1. The van der Waals surface area contributed by atoms with Gasteiger partial charge < -0.3 is 10.8 Å². The number of nitrogens with two attached hydrogens (primary N) is 1. The van der Waals surface area contributed by atoms with Crippen molar-refractivity contribution in [3.63, 3.8) is 0 Å². The van der Waals surface area contributed by atoms with Crippen LogP contribution in [0.5, 0.6) is 0 Å². The minimum absolute atomic E-state index is 0.194. The summed E-state index contributed by atoms with van der Waals surface area (Å²) in [6.45, 7) is 0. The fraction of sp³-hybridized carbons (Fsp3) is 0.538. The summed E-state index contributed by atoms with van der Waals surface area (Å²) in [5.41, 5.74) is 6.77. The van der Waals surface area contributed by atoms with Crippen molar-refractivity contribution < 1.29 is 5.11 Å². The standard InChI is InChI=1S/C13H18BrNOS/c14-9-6-7-10(15)13(8-9)17-12-5-3-1-2-4-11(12)16/h6-8,11-12,16H,1-5,15H2. The van der Waals surface area contributed by atoms with Gasteiger partial charge in [0.1, 0.15) is 0 Å². The van der Waals surface area contributed by atoms with Crippen molar-refractivity contribution >= 4 is 33.4 Å². The van der Waals surface area contributed by atoms with Crippen LogP contribution in [0.1, 0.15) is 32.1 Å². The lowest BCUT2D eigenvalue weighted by atomic mass is 10.1. The molecule has 94 valence electrons. The van der Waals surface area contributed by atoms with Crippen LogP contribution in [0.15, 0.2) is 27.6 Å². The van der Waals surface area contributed by atoms with Crippen LogP contribution in [0.3, 0.4) is 0 Å². The third kappa shape index (κ3) is 3.63. The average molecular weight is 316 g/mol. The van der Waals surface area contributed by atoms with E-state index in [9.17, 15) is 5.11 Å². The quantitative estimate of drug-likeness (QED) is 0.644. The molecule has 2 unspecified atom stereocenters. The number of aliphatic hydroxyl groups excluding tert-OH is 1. The molecule has 0 heterocycles. The second-order valence-electron chi connectivity index (χ2n) is 4.54. The molecule has 0 radical (unpaired) electrons. The van der Waals surface area contributed by atoms with E-state index in [2.05, 4.69) is 15.9 Å². The molecule has 1 aromatic rings. The van der Waals surface area contributed by atoms with Crippen molar-refractivity contribution in [2.75, 3.05) is 5.73 Å². The molecule has 1 aliphatic rings. The number of hydrogen-bond acceptors (Lipinski definition) is 3. The summed E-state index contributed by atoms with van der Waals surface area (Å²) in [6.07, 6.45) is 5.40.